The third-order valence-corrected chi connectivity index (χ3v) is 4.01. The first-order valence-corrected chi connectivity index (χ1v) is 8.04. The lowest BCUT2D eigenvalue weighted by atomic mass is 10.3. The Hall–Kier alpha value is -1.65. The molecule has 0 fully saturated rings. The average Bonchev–Trinajstić information content (AvgIpc) is 2.94. The summed E-state index contributed by atoms with van der Waals surface area (Å²) in [6, 6.07) is 20.2. The molecule has 1 heterocycles. The highest BCUT2D eigenvalue weighted by atomic mass is 79.9. The fourth-order valence-electron chi connectivity index (χ4n) is 2.06. The largest absolute Gasteiger partial charge is 0.316 e. The molecule has 4 heteroatoms. The maximum atomic E-state index is 4.53. The smallest absolute Gasteiger partial charge is 0.0641 e. The molecule has 0 saturated carbocycles. The molecule has 0 unspecified atom stereocenters. The van der Waals surface area contributed by atoms with Gasteiger partial charge in [-0.1, -0.05) is 44.0 Å². The van der Waals surface area contributed by atoms with E-state index in [1.807, 2.05) is 60.9 Å². The van der Waals surface area contributed by atoms with Crippen molar-refractivity contribution < 1.29 is 0 Å². The number of hydrogen-bond acceptors (Lipinski definition) is 1. The summed E-state index contributed by atoms with van der Waals surface area (Å²) in [5.74, 6) is 0. The Morgan fingerprint density at radius 3 is 2.38 bits per heavy atom. The highest BCUT2D eigenvalue weighted by molar-refractivity contribution is 9.10. The molecule has 3 aromatic rings. The van der Waals surface area contributed by atoms with Crippen molar-refractivity contribution in [1.82, 2.24) is 4.57 Å². The van der Waals surface area contributed by atoms with E-state index in [4.69, 9.17) is 0 Å². The van der Waals surface area contributed by atoms with Crippen molar-refractivity contribution in [2.24, 2.45) is 4.99 Å². The van der Waals surface area contributed by atoms with Gasteiger partial charge in [0.1, 0.15) is 0 Å². The van der Waals surface area contributed by atoms with Crippen molar-refractivity contribution in [3.63, 3.8) is 0 Å². The van der Waals surface area contributed by atoms with Crippen molar-refractivity contribution in [3.05, 3.63) is 81.5 Å². The molecular formula is C17H12Br2N2. The van der Waals surface area contributed by atoms with E-state index in [1.165, 1.54) is 0 Å². The summed E-state index contributed by atoms with van der Waals surface area (Å²) < 4.78 is 4.19. The maximum absolute atomic E-state index is 4.53. The second-order valence-corrected chi connectivity index (χ2v) is 6.35. The molecule has 0 N–H and O–H groups in total. The van der Waals surface area contributed by atoms with Gasteiger partial charge in [-0.2, -0.15) is 0 Å². The van der Waals surface area contributed by atoms with E-state index in [-0.39, 0.29) is 0 Å². The highest BCUT2D eigenvalue weighted by Gasteiger charge is 2.01. The summed E-state index contributed by atoms with van der Waals surface area (Å²) in [6.07, 6.45) is 3.91. The molecule has 3 rings (SSSR count). The number of aromatic nitrogens is 1. The fourth-order valence-corrected chi connectivity index (χ4v) is 2.83. The van der Waals surface area contributed by atoms with E-state index in [9.17, 15) is 0 Å². The van der Waals surface area contributed by atoms with E-state index in [0.717, 1.165) is 26.0 Å². The van der Waals surface area contributed by atoms with Gasteiger partial charge in [-0.3, -0.25) is 4.99 Å². The predicted molar refractivity (Wildman–Crippen MR) is 94.9 cm³/mol. The van der Waals surface area contributed by atoms with Crippen molar-refractivity contribution in [2.75, 3.05) is 0 Å². The maximum Gasteiger partial charge on any atom is 0.0641 e. The lowest BCUT2D eigenvalue weighted by Crippen LogP contribution is -1.97. The molecule has 21 heavy (non-hydrogen) atoms. The van der Waals surface area contributed by atoms with Crippen molar-refractivity contribution >= 4 is 43.8 Å². The van der Waals surface area contributed by atoms with E-state index in [2.05, 4.69) is 53.6 Å². The van der Waals surface area contributed by atoms with Gasteiger partial charge in [-0.05, 0) is 48.5 Å². The van der Waals surface area contributed by atoms with Crippen molar-refractivity contribution in [3.8, 4) is 5.69 Å². The summed E-state index contributed by atoms with van der Waals surface area (Å²) >= 11 is 6.96. The van der Waals surface area contributed by atoms with Crippen LogP contribution in [0.2, 0.25) is 0 Å². The molecule has 0 bridgehead atoms. The molecule has 0 spiro atoms. The van der Waals surface area contributed by atoms with Gasteiger partial charge in [0, 0.05) is 20.8 Å². The Balaban J connectivity index is 1.93. The van der Waals surface area contributed by atoms with Crippen LogP contribution in [0.15, 0.2) is 80.8 Å². The minimum atomic E-state index is 0.923. The van der Waals surface area contributed by atoms with Gasteiger partial charge in [0.2, 0.25) is 0 Å². The second kappa shape index (κ2) is 6.41. The topological polar surface area (TPSA) is 17.3 Å². The molecular weight excluding hydrogens is 392 g/mol. The molecule has 0 saturated heterocycles. The van der Waals surface area contributed by atoms with Crippen LogP contribution in [0.4, 0.5) is 5.69 Å². The SMILES string of the molecule is Brc1cccc(N=Cc2cccn2-c2cccc(Br)c2)c1. The predicted octanol–water partition coefficient (Wildman–Crippen LogP) is 5.75. The lowest BCUT2D eigenvalue weighted by Gasteiger charge is -2.06. The second-order valence-electron chi connectivity index (χ2n) is 4.52. The van der Waals surface area contributed by atoms with Gasteiger partial charge < -0.3 is 4.57 Å². The quantitative estimate of drug-likeness (QED) is 0.495. The number of rotatable bonds is 3. The standard InChI is InChI=1S/C17H12Br2N2/c18-13-4-1-6-15(10-13)20-12-17-8-3-9-21(17)16-7-2-5-14(19)11-16/h1-12H. The minimum Gasteiger partial charge on any atom is -0.316 e. The molecule has 2 aromatic carbocycles. The summed E-state index contributed by atoms with van der Waals surface area (Å²) in [4.78, 5) is 4.53. The van der Waals surface area contributed by atoms with Gasteiger partial charge in [0.15, 0.2) is 0 Å². The van der Waals surface area contributed by atoms with Gasteiger partial charge in [0.25, 0.3) is 0 Å². The molecule has 0 amide bonds. The molecule has 104 valence electrons. The Bertz CT molecular complexity index is 791. The number of nitrogens with zero attached hydrogens (tertiary/aromatic N) is 2. The Morgan fingerprint density at radius 1 is 0.857 bits per heavy atom. The van der Waals surface area contributed by atoms with Crippen LogP contribution in [0.3, 0.4) is 0 Å². The molecule has 0 atom stereocenters. The van der Waals surface area contributed by atoms with E-state index >= 15 is 0 Å². The van der Waals surface area contributed by atoms with Crippen molar-refractivity contribution in [2.45, 2.75) is 0 Å². The zero-order chi connectivity index (χ0) is 14.7. The molecule has 0 radical (unpaired) electrons. The lowest BCUT2D eigenvalue weighted by molar-refractivity contribution is 1.07. The summed E-state index contributed by atoms with van der Waals surface area (Å²) in [5, 5.41) is 0. The third kappa shape index (κ3) is 3.52. The van der Waals surface area contributed by atoms with Gasteiger partial charge in [-0.25, -0.2) is 0 Å². The van der Waals surface area contributed by atoms with Crippen LogP contribution in [0.1, 0.15) is 5.69 Å². The molecule has 0 aliphatic rings. The first-order chi connectivity index (χ1) is 10.2. The van der Waals surface area contributed by atoms with E-state index in [1.54, 1.807) is 0 Å². The first kappa shape index (κ1) is 14.3. The van der Waals surface area contributed by atoms with Crippen LogP contribution in [-0.2, 0) is 0 Å². The van der Waals surface area contributed by atoms with Crippen molar-refractivity contribution in [1.29, 1.82) is 0 Å². The van der Waals surface area contributed by atoms with Crippen LogP contribution in [-0.4, -0.2) is 10.8 Å². The molecule has 0 aliphatic carbocycles. The molecule has 2 nitrogen and oxygen atoms in total. The minimum absolute atomic E-state index is 0.923. The fraction of sp³-hybridized carbons (Fsp3) is 0. The van der Waals surface area contributed by atoms with E-state index < -0.39 is 0 Å². The Labute approximate surface area is 140 Å². The average molecular weight is 404 g/mol. The van der Waals surface area contributed by atoms with Crippen LogP contribution >= 0.6 is 31.9 Å². The Morgan fingerprint density at radius 2 is 1.62 bits per heavy atom. The normalized spacial score (nSPS) is 11.1. The summed E-state index contributed by atoms with van der Waals surface area (Å²) in [5.41, 5.74) is 3.06. The van der Waals surface area contributed by atoms with Gasteiger partial charge in [-0.15, -0.1) is 0 Å². The van der Waals surface area contributed by atoms with E-state index in [0.29, 0.717) is 0 Å². The van der Waals surface area contributed by atoms with Crippen LogP contribution < -0.4 is 0 Å². The van der Waals surface area contributed by atoms with Crippen LogP contribution in [0.5, 0.6) is 0 Å². The number of hydrogen-bond donors (Lipinski definition) is 0. The van der Waals surface area contributed by atoms with Crippen LogP contribution in [0, 0.1) is 0 Å². The number of benzene rings is 2. The summed E-state index contributed by atoms with van der Waals surface area (Å²) in [7, 11) is 0. The number of aliphatic imine (C=N–C) groups is 1. The first-order valence-electron chi connectivity index (χ1n) is 6.45. The monoisotopic (exact) mass is 402 g/mol. The third-order valence-electron chi connectivity index (χ3n) is 3.02. The van der Waals surface area contributed by atoms with Gasteiger partial charge in [0.05, 0.1) is 17.6 Å². The zero-order valence-corrected chi connectivity index (χ0v) is 14.3. The highest BCUT2D eigenvalue weighted by Crippen LogP contribution is 2.20. The summed E-state index contributed by atoms with van der Waals surface area (Å²) in [6.45, 7) is 0. The Kier molecular flexibility index (Phi) is 4.36. The van der Waals surface area contributed by atoms with Gasteiger partial charge >= 0.3 is 0 Å². The molecule has 1 aromatic heterocycles. The number of halogens is 2. The van der Waals surface area contributed by atoms with Crippen LogP contribution in [0.25, 0.3) is 5.69 Å². The molecule has 0 aliphatic heterocycles. The zero-order valence-electron chi connectivity index (χ0n) is 11.1.